The molecule has 0 aliphatic heterocycles. The van der Waals surface area contributed by atoms with Crippen LogP contribution in [0.25, 0.3) is 0 Å². The van der Waals surface area contributed by atoms with Gasteiger partial charge in [0.15, 0.2) is 6.61 Å². The molecule has 0 aromatic heterocycles. The summed E-state index contributed by atoms with van der Waals surface area (Å²) in [7, 11) is 0. The van der Waals surface area contributed by atoms with Crippen molar-refractivity contribution in [1.29, 1.82) is 0 Å². The molecule has 1 rings (SSSR count). The summed E-state index contributed by atoms with van der Waals surface area (Å²) >= 11 is 0. The highest BCUT2D eigenvalue weighted by Crippen LogP contribution is 2.21. The Labute approximate surface area is 119 Å². The van der Waals surface area contributed by atoms with Crippen LogP contribution in [-0.4, -0.2) is 31.6 Å². The zero-order chi connectivity index (χ0) is 15.0. The van der Waals surface area contributed by atoms with Gasteiger partial charge >= 0.3 is 5.97 Å². The van der Waals surface area contributed by atoms with E-state index in [2.05, 4.69) is 5.32 Å². The highest BCUT2D eigenvalue weighted by atomic mass is 16.5. The van der Waals surface area contributed by atoms with Crippen molar-refractivity contribution in [3.05, 3.63) is 29.3 Å². The van der Waals surface area contributed by atoms with E-state index in [1.165, 1.54) is 0 Å². The molecular weight excluding hydrogens is 258 g/mol. The molecule has 1 amide bonds. The van der Waals surface area contributed by atoms with E-state index in [0.29, 0.717) is 6.61 Å². The molecule has 5 nitrogen and oxygen atoms in total. The first-order valence-corrected chi connectivity index (χ1v) is 6.66. The predicted molar refractivity (Wildman–Crippen MR) is 75.7 cm³/mol. The third-order valence-electron chi connectivity index (χ3n) is 2.71. The molecule has 0 spiro atoms. The molecular formula is C15H21NO4. The van der Waals surface area contributed by atoms with Crippen molar-refractivity contribution in [2.45, 2.75) is 27.2 Å². The van der Waals surface area contributed by atoms with Gasteiger partial charge in [0.25, 0.3) is 5.91 Å². The van der Waals surface area contributed by atoms with Crippen molar-refractivity contribution >= 4 is 11.9 Å². The van der Waals surface area contributed by atoms with Crippen LogP contribution < -0.4 is 10.1 Å². The fraction of sp³-hybridized carbons (Fsp3) is 0.467. The average molecular weight is 279 g/mol. The van der Waals surface area contributed by atoms with Crippen molar-refractivity contribution in [2.75, 3.05) is 19.8 Å². The second kappa shape index (κ2) is 8.19. The SMILES string of the molecule is CCOC(=O)CCNC(=O)COc1c(C)cccc1C. The maximum absolute atomic E-state index is 11.6. The molecule has 1 aromatic carbocycles. The van der Waals surface area contributed by atoms with Crippen molar-refractivity contribution in [2.24, 2.45) is 0 Å². The maximum atomic E-state index is 11.6. The van der Waals surface area contributed by atoms with E-state index in [9.17, 15) is 9.59 Å². The summed E-state index contributed by atoms with van der Waals surface area (Å²) in [5.74, 6) is 0.161. The van der Waals surface area contributed by atoms with E-state index in [1.807, 2.05) is 32.0 Å². The van der Waals surface area contributed by atoms with Gasteiger partial charge in [0, 0.05) is 6.54 Å². The number of ether oxygens (including phenoxy) is 2. The molecule has 1 aromatic rings. The number of hydrogen-bond donors (Lipinski definition) is 1. The van der Waals surface area contributed by atoms with Crippen LogP contribution in [0.4, 0.5) is 0 Å². The lowest BCUT2D eigenvalue weighted by Crippen LogP contribution is -2.31. The monoisotopic (exact) mass is 279 g/mol. The fourth-order valence-corrected chi connectivity index (χ4v) is 1.75. The number of benzene rings is 1. The summed E-state index contributed by atoms with van der Waals surface area (Å²) in [5.41, 5.74) is 1.98. The molecule has 0 saturated carbocycles. The molecule has 0 bridgehead atoms. The second-order valence-electron chi connectivity index (χ2n) is 4.41. The van der Waals surface area contributed by atoms with E-state index < -0.39 is 0 Å². The Bertz CT molecular complexity index is 451. The third kappa shape index (κ3) is 5.30. The van der Waals surface area contributed by atoms with Crippen molar-refractivity contribution in [3.8, 4) is 5.75 Å². The quantitative estimate of drug-likeness (QED) is 0.772. The van der Waals surface area contributed by atoms with Crippen LogP contribution in [0.1, 0.15) is 24.5 Å². The Morgan fingerprint density at radius 1 is 1.20 bits per heavy atom. The van der Waals surface area contributed by atoms with Gasteiger partial charge in [-0.2, -0.15) is 0 Å². The normalized spacial score (nSPS) is 9.95. The van der Waals surface area contributed by atoms with Gasteiger partial charge in [0.05, 0.1) is 13.0 Å². The Hall–Kier alpha value is -2.04. The molecule has 0 heterocycles. The minimum absolute atomic E-state index is 0.0610. The lowest BCUT2D eigenvalue weighted by atomic mass is 10.1. The lowest BCUT2D eigenvalue weighted by molar-refractivity contribution is -0.143. The zero-order valence-electron chi connectivity index (χ0n) is 12.2. The molecule has 0 aliphatic rings. The number of carbonyl (C=O) groups is 2. The summed E-state index contributed by atoms with van der Waals surface area (Å²) in [6.45, 7) is 6.15. The molecule has 5 heteroatoms. The molecule has 0 fully saturated rings. The number of para-hydroxylation sites is 1. The van der Waals surface area contributed by atoms with Crippen molar-refractivity contribution in [1.82, 2.24) is 5.32 Å². The molecule has 0 aliphatic carbocycles. The Balaban J connectivity index is 2.32. The van der Waals surface area contributed by atoms with E-state index >= 15 is 0 Å². The number of nitrogens with one attached hydrogen (secondary N) is 1. The highest BCUT2D eigenvalue weighted by Gasteiger charge is 2.08. The Morgan fingerprint density at radius 2 is 1.85 bits per heavy atom. The third-order valence-corrected chi connectivity index (χ3v) is 2.71. The Kier molecular flexibility index (Phi) is 6.56. The van der Waals surface area contributed by atoms with E-state index in [4.69, 9.17) is 9.47 Å². The molecule has 110 valence electrons. The predicted octanol–water partition coefficient (Wildman–Crippen LogP) is 1.75. The highest BCUT2D eigenvalue weighted by molar-refractivity contribution is 5.78. The van der Waals surface area contributed by atoms with E-state index in [0.717, 1.165) is 16.9 Å². The lowest BCUT2D eigenvalue weighted by Gasteiger charge is -2.11. The first-order chi connectivity index (χ1) is 9.54. The Morgan fingerprint density at radius 3 is 2.45 bits per heavy atom. The number of amides is 1. The number of hydrogen-bond acceptors (Lipinski definition) is 4. The van der Waals surface area contributed by atoms with Crippen LogP contribution in [-0.2, 0) is 14.3 Å². The first-order valence-electron chi connectivity index (χ1n) is 6.66. The number of carbonyl (C=O) groups excluding carboxylic acids is 2. The van der Waals surface area contributed by atoms with Crippen LogP contribution in [0.5, 0.6) is 5.75 Å². The number of rotatable bonds is 7. The minimum Gasteiger partial charge on any atom is -0.483 e. The zero-order valence-corrected chi connectivity index (χ0v) is 12.2. The smallest absolute Gasteiger partial charge is 0.307 e. The van der Waals surface area contributed by atoms with Gasteiger partial charge < -0.3 is 14.8 Å². The molecule has 0 atom stereocenters. The van der Waals surface area contributed by atoms with Gasteiger partial charge in [-0.25, -0.2) is 0 Å². The summed E-state index contributed by atoms with van der Waals surface area (Å²) in [6.07, 6.45) is 0.170. The average Bonchev–Trinajstić information content (AvgIpc) is 2.38. The fourth-order valence-electron chi connectivity index (χ4n) is 1.75. The minimum atomic E-state index is -0.316. The van der Waals surface area contributed by atoms with Crippen LogP contribution in [0.2, 0.25) is 0 Å². The molecule has 20 heavy (non-hydrogen) atoms. The molecule has 0 unspecified atom stereocenters. The summed E-state index contributed by atoms with van der Waals surface area (Å²) < 4.78 is 10.3. The van der Waals surface area contributed by atoms with E-state index in [1.54, 1.807) is 6.92 Å². The van der Waals surface area contributed by atoms with Crippen molar-refractivity contribution < 1.29 is 19.1 Å². The summed E-state index contributed by atoms with van der Waals surface area (Å²) in [6, 6.07) is 5.80. The maximum Gasteiger partial charge on any atom is 0.307 e. The summed E-state index contributed by atoms with van der Waals surface area (Å²) in [5, 5.41) is 2.62. The second-order valence-corrected chi connectivity index (χ2v) is 4.41. The van der Waals surface area contributed by atoms with Gasteiger partial charge in [0.1, 0.15) is 5.75 Å². The van der Waals surface area contributed by atoms with Gasteiger partial charge in [-0.15, -0.1) is 0 Å². The van der Waals surface area contributed by atoms with Crippen LogP contribution in [0.15, 0.2) is 18.2 Å². The molecule has 0 radical (unpaired) electrons. The number of esters is 1. The van der Waals surface area contributed by atoms with Crippen LogP contribution >= 0.6 is 0 Å². The first kappa shape index (κ1) is 16.0. The number of aryl methyl sites for hydroxylation is 2. The van der Waals surface area contributed by atoms with Gasteiger partial charge in [0.2, 0.25) is 0 Å². The van der Waals surface area contributed by atoms with Crippen molar-refractivity contribution in [3.63, 3.8) is 0 Å². The van der Waals surface area contributed by atoms with Gasteiger partial charge in [-0.3, -0.25) is 9.59 Å². The standard InChI is InChI=1S/C15H21NO4/c1-4-19-14(18)8-9-16-13(17)10-20-15-11(2)6-5-7-12(15)3/h5-7H,4,8-10H2,1-3H3,(H,16,17). The van der Waals surface area contributed by atoms with E-state index in [-0.39, 0.29) is 31.4 Å². The van der Waals surface area contributed by atoms with Crippen LogP contribution in [0.3, 0.4) is 0 Å². The molecule has 1 N–H and O–H groups in total. The van der Waals surface area contributed by atoms with Gasteiger partial charge in [-0.05, 0) is 31.9 Å². The summed E-state index contributed by atoms with van der Waals surface area (Å²) in [4.78, 5) is 22.7. The van der Waals surface area contributed by atoms with Crippen LogP contribution in [0, 0.1) is 13.8 Å². The largest absolute Gasteiger partial charge is 0.483 e. The molecule has 0 saturated heterocycles. The topological polar surface area (TPSA) is 64.6 Å². The van der Waals surface area contributed by atoms with Gasteiger partial charge in [-0.1, -0.05) is 18.2 Å².